The highest BCUT2D eigenvalue weighted by Gasteiger charge is 2.49. The van der Waals surface area contributed by atoms with E-state index in [0.717, 1.165) is 17.8 Å². The SMILES string of the molecule is C1=C2CCCC2C2CC12. The van der Waals surface area contributed by atoms with E-state index >= 15 is 0 Å². The fraction of sp³-hybridized carbons (Fsp3) is 0.778. The Kier molecular flexibility index (Phi) is 0.633. The molecular weight excluding hydrogens is 108 g/mol. The minimum absolute atomic E-state index is 1.06. The predicted octanol–water partition coefficient (Wildman–Crippen LogP) is 2.36. The van der Waals surface area contributed by atoms with E-state index in [1.165, 1.54) is 25.7 Å². The smallest absolute Gasteiger partial charge is 0.0169 e. The van der Waals surface area contributed by atoms with Crippen LogP contribution in [-0.4, -0.2) is 0 Å². The second-order valence-electron chi connectivity index (χ2n) is 3.80. The summed E-state index contributed by atoms with van der Waals surface area (Å²) in [5.41, 5.74) is 1.83. The molecule has 0 saturated heterocycles. The third-order valence-corrected chi connectivity index (χ3v) is 3.29. The molecule has 0 amide bonds. The highest BCUT2D eigenvalue weighted by atomic mass is 14.5. The van der Waals surface area contributed by atoms with Gasteiger partial charge in [0.2, 0.25) is 0 Å². The monoisotopic (exact) mass is 120 g/mol. The summed E-state index contributed by atoms with van der Waals surface area (Å²) < 4.78 is 0. The van der Waals surface area contributed by atoms with E-state index in [0.29, 0.717) is 0 Å². The zero-order chi connectivity index (χ0) is 5.84. The molecule has 0 heterocycles. The summed E-state index contributed by atoms with van der Waals surface area (Å²) in [6, 6.07) is 0. The molecule has 0 aromatic rings. The largest absolute Gasteiger partial charge is 0.0816 e. The molecule has 0 bridgehead atoms. The maximum absolute atomic E-state index is 2.57. The molecule has 3 rings (SSSR count). The molecule has 2 saturated carbocycles. The molecular formula is C9H12. The van der Waals surface area contributed by atoms with Gasteiger partial charge in [-0.25, -0.2) is 0 Å². The maximum atomic E-state index is 2.57. The van der Waals surface area contributed by atoms with Crippen LogP contribution >= 0.6 is 0 Å². The van der Waals surface area contributed by atoms with Crippen molar-refractivity contribution in [1.29, 1.82) is 0 Å². The van der Waals surface area contributed by atoms with E-state index in [4.69, 9.17) is 0 Å². The van der Waals surface area contributed by atoms with Crippen LogP contribution in [0.15, 0.2) is 11.6 Å². The highest BCUT2D eigenvalue weighted by Crippen LogP contribution is 2.59. The summed E-state index contributed by atoms with van der Waals surface area (Å²) in [5, 5.41) is 0. The van der Waals surface area contributed by atoms with Gasteiger partial charge in [-0.1, -0.05) is 11.6 Å². The first-order chi connectivity index (χ1) is 4.45. The third-order valence-electron chi connectivity index (χ3n) is 3.29. The Morgan fingerprint density at radius 1 is 1.44 bits per heavy atom. The van der Waals surface area contributed by atoms with E-state index in [-0.39, 0.29) is 0 Å². The van der Waals surface area contributed by atoms with Crippen LogP contribution < -0.4 is 0 Å². The molecule has 0 spiro atoms. The molecule has 0 N–H and O–H groups in total. The van der Waals surface area contributed by atoms with Crippen molar-refractivity contribution < 1.29 is 0 Å². The Balaban J connectivity index is 2.02. The van der Waals surface area contributed by atoms with Crippen molar-refractivity contribution in [2.75, 3.05) is 0 Å². The number of hydrogen-bond acceptors (Lipinski definition) is 0. The Morgan fingerprint density at radius 3 is 3.33 bits per heavy atom. The lowest BCUT2D eigenvalue weighted by molar-refractivity contribution is 0.556. The maximum Gasteiger partial charge on any atom is -0.0169 e. The van der Waals surface area contributed by atoms with Crippen molar-refractivity contribution in [3.63, 3.8) is 0 Å². The molecule has 9 heavy (non-hydrogen) atoms. The minimum Gasteiger partial charge on any atom is -0.0816 e. The first-order valence-electron chi connectivity index (χ1n) is 4.16. The van der Waals surface area contributed by atoms with Gasteiger partial charge in [-0.05, 0) is 43.4 Å². The van der Waals surface area contributed by atoms with Crippen molar-refractivity contribution in [3.8, 4) is 0 Å². The fourth-order valence-electron chi connectivity index (χ4n) is 2.76. The predicted molar refractivity (Wildman–Crippen MR) is 37.0 cm³/mol. The Labute approximate surface area is 56.0 Å². The standard InChI is InChI=1S/C9H12/c1-2-6-4-7-5-9(7)8(6)3-1/h4,7-9H,1-3,5H2. The van der Waals surface area contributed by atoms with Gasteiger partial charge in [0.25, 0.3) is 0 Å². The molecule has 0 radical (unpaired) electrons. The van der Waals surface area contributed by atoms with Crippen LogP contribution in [0.4, 0.5) is 0 Å². The molecule has 3 unspecified atom stereocenters. The summed E-state index contributed by atoms with van der Waals surface area (Å²) in [5.74, 6) is 3.28. The van der Waals surface area contributed by atoms with Crippen LogP contribution in [0.3, 0.4) is 0 Å². The second-order valence-corrected chi connectivity index (χ2v) is 3.80. The van der Waals surface area contributed by atoms with Gasteiger partial charge in [-0.15, -0.1) is 0 Å². The van der Waals surface area contributed by atoms with Gasteiger partial charge in [-0.3, -0.25) is 0 Å². The molecule has 3 aliphatic rings. The van der Waals surface area contributed by atoms with Crippen LogP contribution in [0.1, 0.15) is 25.7 Å². The average molecular weight is 120 g/mol. The Hall–Kier alpha value is -0.260. The second kappa shape index (κ2) is 1.25. The third kappa shape index (κ3) is 0.452. The van der Waals surface area contributed by atoms with Crippen molar-refractivity contribution in [1.82, 2.24) is 0 Å². The lowest BCUT2D eigenvalue weighted by Crippen LogP contribution is -1.94. The van der Waals surface area contributed by atoms with Crippen LogP contribution in [0, 0.1) is 17.8 Å². The van der Waals surface area contributed by atoms with Crippen LogP contribution in [0.5, 0.6) is 0 Å². The van der Waals surface area contributed by atoms with Gasteiger partial charge in [0.05, 0.1) is 0 Å². The Bertz CT molecular complexity index is 178. The first-order valence-corrected chi connectivity index (χ1v) is 4.16. The lowest BCUT2D eigenvalue weighted by Gasteiger charge is -2.03. The van der Waals surface area contributed by atoms with Gasteiger partial charge in [0, 0.05) is 0 Å². The van der Waals surface area contributed by atoms with E-state index in [2.05, 4.69) is 6.08 Å². The summed E-state index contributed by atoms with van der Waals surface area (Å²) in [4.78, 5) is 0. The van der Waals surface area contributed by atoms with Gasteiger partial charge >= 0.3 is 0 Å². The van der Waals surface area contributed by atoms with E-state index < -0.39 is 0 Å². The summed E-state index contributed by atoms with van der Waals surface area (Å²) in [7, 11) is 0. The van der Waals surface area contributed by atoms with Gasteiger partial charge in [0.15, 0.2) is 0 Å². The van der Waals surface area contributed by atoms with Gasteiger partial charge in [-0.2, -0.15) is 0 Å². The molecule has 2 fully saturated rings. The quantitative estimate of drug-likeness (QED) is 0.430. The first kappa shape index (κ1) is 4.54. The summed E-state index contributed by atoms with van der Waals surface area (Å²) >= 11 is 0. The molecule has 0 heteroatoms. The molecule has 3 aliphatic carbocycles. The van der Waals surface area contributed by atoms with Crippen LogP contribution in [-0.2, 0) is 0 Å². The number of hydrogen-bond donors (Lipinski definition) is 0. The van der Waals surface area contributed by atoms with E-state index in [1.54, 1.807) is 0 Å². The molecule has 48 valence electrons. The minimum atomic E-state index is 1.06. The molecule has 0 nitrogen and oxygen atoms in total. The van der Waals surface area contributed by atoms with Crippen molar-refractivity contribution in [3.05, 3.63) is 11.6 Å². The number of allylic oxidation sites excluding steroid dienone is 2. The van der Waals surface area contributed by atoms with Crippen molar-refractivity contribution in [2.24, 2.45) is 17.8 Å². The molecule has 3 atom stereocenters. The van der Waals surface area contributed by atoms with Gasteiger partial charge < -0.3 is 0 Å². The molecule has 0 aromatic carbocycles. The van der Waals surface area contributed by atoms with Crippen LogP contribution in [0.2, 0.25) is 0 Å². The summed E-state index contributed by atoms with van der Waals surface area (Å²) in [6.45, 7) is 0. The molecule has 0 aromatic heterocycles. The molecule has 0 aliphatic heterocycles. The average Bonchev–Trinajstić information content (AvgIpc) is 2.38. The normalized spacial score (nSPS) is 52.4. The van der Waals surface area contributed by atoms with Crippen molar-refractivity contribution >= 4 is 0 Å². The Morgan fingerprint density at radius 2 is 2.44 bits per heavy atom. The van der Waals surface area contributed by atoms with E-state index in [9.17, 15) is 0 Å². The zero-order valence-electron chi connectivity index (χ0n) is 5.64. The topological polar surface area (TPSA) is 0 Å². The van der Waals surface area contributed by atoms with Gasteiger partial charge in [0.1, 0.15) is 0 Å². The zero-order valence-corrected chi connectivity index (χ0v) is 5.64. The number of fused-ring (bicyclic) bond motifs is 3. The lowest BCUT2D eigenvalue weighted by atomic mass is 10.0. The fourth-order valence-corrected chi connectivity index (χ4v) is 2.76. The highest BCUT2D eigenvalue weighted by molar-refractivity contribution is 5.27. The van der Waals surface area contributed by atoms with E-state index in [1.807, 2.05) is 5.57 Å². The number of rotatable bonds is 0. The van der Waals surface area contributed by atoms with Crippen LogP contribution in [0.25, 0.3) is 0 Å². The van der Waals surface area contributed by atoms with Crippen molar-refractivity contribution in [2.45, 2.75) is 25.7 Å². The summed E-state index contributed by atoms with van der Waals surface area (Å²) in [6.07, 6.45) is 8.56.